The van der Waals surface area contributed by atoms with Gasteiger partial charge in [-0.2, -0.15) is 0 Å². The second kappa shape index (κ2) is 6.61. The molecule has 0 aromatic carbocycles. The van der Waals surface area contributed by atoms with Crippen molar-refractivity contribution >= 4 is 12.1 Å². The predicted octanol–water partition coefficient (Wildman–Crippen LogP) is 2.67. The van der Waals surface area contributed by atoms with Gasteiger partial charge in [-0.15, -0.1) is 0 Å². The highest BCUT2D eigenvalue weighted by Gasteiger charge is 2.28. The van der Waals surface area contributed by atoms with E-state index in [0.29, 0.717) is 26.1 Å². The first-order chi connectivity index (χ1) is 8.45. The topological polar surface area (TPSA) is 61.8 Å². The molecule has 1 atom stereocenters. The number of esters is 1. The Hall–Kier alpha value is -1.26. The van der Waals surface area contributed by atoms with E-state index in [1.54, 1.807) is 0 Å². The van der Waals surface area contributed by atoms with E-state index < -0.39 is 11.6 Å². The lowest BCUT2D eigenvalue weighted by molar-refractivity contribution is -0.154. The van der Waals surface area contributed by atoms with E-state index in [1.807, 2.05) is 20.8 Å². The maximum atomic E-state index is 11.8. The molecule has 1 aliphatic heterocycles. The zero-order valence-electron chi connectivity index (χ0n) is 11.4. The lowest BCUT2D eigenvalue weighted by atomic mass is 9.88. The SMILES string of the molecule is CCCC(C)(C)C(=O)OCCCC1COC(=O)O1. The Labute approximate surface area is 108 Å². The van der Waals surface area contributed by atoms with Gasteiger partial charge in [0.1, 0.15) is 12.7 Å². The molecule has 0 bridgehead atoms. The Morgan fingerprint density at radius 2 is 2.22 bits per heavy atom. The molecule has 1 unspecified atom stereocenters. The molecule has 0 saturated carbocycles. The van der Waals surface area contributed by atoms with Gasteiger partial charge < -0.3 is 14.2 Å². The number of rotatable bonds is 7. The zero-order valence-corrected chi connectivity index (χ0v) is 11.4. The van der Waals surface area contributed by atoms with Crippen molar-refractivity contribution in [2.24, 2.45) is 5.41 Å². The van der Waals surface area contributed by atoms with Gasteiger partial charge in [-0.05, 0) is 33.1 Å². The molecule has 0 aromatic rings. The maximum absolute atomic E-state index is 11.8. The average molecular weight is 258 g/mol. The van der Waals surface area contributed by atoms with Gasteiger partial charge in [0.15, 0.2) is 0 Å². The van der Waals surface area contributed by atoms with E-state index >= 15 is 0 Å². The van der Waals surface area contributed by atoms with Crippen molar-refractivity contribution in [1.29, 1.82) is 0 Å². The Bertz CT molecular complexity index is 298. The van der Waals surface area contributed by atoms with Crippen LogP contribution in [0.25, 0.3) is 0 Å². The fourth-order valence-corrected chi connectivity index (χ4v) is 1.91. The van der Waals surface area contributed by atoms with Crippen molar-refractivity contribution in [3.8, 4) is 0 Å². The molecular weight excluding hydrogens is 236 g/mol. The van der Waals surface area contributed by atoms with Gasteiger partial charge in [-0.1, -0.05) is 13.3 Å². The molecule has 0 aromatic heterocycles. The summed E-state index contributed by atoms with van der Waals surface area (Å²) in [6.45, 7) is 6.49. The number of ether oxygens (including phenoxy) is 3. The van der Waals surface area contributed by atoms with Gasteiger partial charge in [0.05, 0.1) is 12.0 Å². The van der Waals surface area contributed by atoms with Crippen LogP contribution in [-0.2, 0) is 19.0 Å². The van der Waals surface area contributed by atoms with E-state index in [4.69, 9.17) is 9.47 Å². The molecule has 0 spiro atoms. The standard InChI is InChI=1S/C13H22O5/c1-4-7-13(2,3)11(14)16-8-5-6-10-9-17-12(15)18-10/h10H,4-9H2,1-3H3. The quantitative estimate of drug-likeness (QED) is 0.519. The van der Waals surface area contributed by atoms with Crippen LogP contribution in [0.15, 0.2) is 0 Å². The van der Waals surface area contributed by atoms with Crippen LogP contribution in [0.2, 0.25) is 0 Å². The molecule has 0 N–H and O–H groups in total. The fourth-order valence-electron chi connectivity index (χ4n) is 1.91. The predicted molar refractivity (Wildman–Crippen MR) is 65.1 cm³/mol. The molecule has 1 rings (SSSR count). The van der Waals surface area contributed by atoms with E-state index in [1.165, 1.54) is 0 Å². The van der Waals surface area contributed by atoms with Gasteiger partial charge in [0.25, 0.3) is 0 Å². The summed E-state index contributed by atoms with van der Waals surface area (Å²) in [4.78, 5) is 22.4. The van der Waals surface area contributed by atoms with Crippen molar-refractivity contribution in [2.45, 2.75) is 52.6 Å². The molecule has 5 nitrogen and oxygen atoms in total. The molecule has 0 amide bonds. The van der Waals surface area contributed by atoms with Crippen molar-refractivity contribution in [3.05, 3.63) is 0 Å². The van der Waals surface area contributed by atoms with Gasteiger partial charge >= 0.3 is 12.1 Å². The minimum atomic E-state index is -0.610. The maximum Gasteiger partial charge on any atom is 0.508 e. The average Bonchev–Trinajstić information content (AvgIpc) is 2.70. The highest BCUT2D eigenvalue weighted by atomic mass is 16.8. The molecule has 1 saturated heterocycles. The molecule has 1 fully saturated rings. The first-order valence-corrected chi connectivity index (χ1v) is 6.46. The Kier molecular flexibility index (Phi) is 5.44. The van der Waals surface area contributed by atoms with E-state index in [0.717, 1.165) is 12.8 Å². The Balaban J connectivity index is 2.14. The summed E-state index contributed by atoms with van der Waals surface area (Å²) in [6, 6.07) is 0. The summed E-state index contributed by atoms with van der Waals surface area (Å²) in [7, 11) is 0. The van der Waals surface area contributed by atoms with Crippen molar-refractivity contribution in [2.75, 3.05) is 13.2 Å². The van der Waals surface area contributed by atoms with Crippen LogP contribution in [0, 0.1) is 5.41 Å². The first-order valence-electron chi connectivity index (χ1n) is 6.46. The third-order valence-corrected chi connectivity index (χ3v) is 2.98. The summed E-state index contributed by atoms with van der Waals surface area (Å²) in [5.74, 6) is -0.163. The third kappa shape index (κ3) is 4.55. The number of hydrogen-bond donors (Lipinski definition) is 0. The summed E-state index contributed by atoms with van der Waals surface area (Å²) in [5.41, 5.74) is -0.419. The van der Waals surface area contributed by atoms with Crippen molar-refractivity contribution in [1.82, 2.24) is 0 Å². The minimum absolute atomic E-state index is 0.163. The third-order valence-electron chi connectivity index (χ3n) is 2.98. The molecule has 0 aliphatic carbocycles. The number of hydrogen-bond acceptors (Lipinski definition) is 5. The van der Waals surface area contributed by atoms with E-state index in [9.17, 15) is 9.59 Å². The number of carbonyl (C=O) groups is 2. The molecule has 5 heteroatoms. The molecule has 1 aliphatic rings. The lowest BCUT2D eigenvalue weighted by Gasteiger charge is -2.21. The lowest BCUT2D eigenvalue weighted by Crippen LogP contribution is -2.27. The molecule has 104 valence electrons. The second-order valence-electron chi connectivity index (χ2n) is 5.21. The van der Waals surface area contributed by atoms with Gasteiger partial charge in [-0.25, -0.2) is 4.79 Å². The monoisotopic (exact) mass is 258 g/mol. The Morgan fingerprint density at radius 3 is 2.78 bits per heavy atom. The van der Waals surface area contributed by atoms with Crippen molar-refractivity contribution in [3.63, 3.8) is 0 Å². The van der Waals surface area contributed by atoms with Gasteiger partial charge in [0, 0.05) is 0 Å². The van der Waals surface area contributed by atoms with Crippen LogP contribution >= 0.6 is 0 Å². The second-order valence-corrected chi connectivity index (χ2v) is 5.21. The smallest absolute Gasteiger partial charge is 0.465 e. The molecule has 1 heterocycles. The number of cyclic esters (lactones) is 2. The van der Waals surface area contributed by atoms with E-state index in [2.05, 4.69) is 4.74 Å². The van der Waals surface area contributed by atoms with Gasteiger partial charge in [-0.3, -0.25) is 4.79 Å². The molecular formula is C13H22O5. The van der Waals surface area contributed by atoms with Gasteiger partial charge in [0.2, 0.25) is 0 Å². The van der Waals surface area contributed by atoms with Crippen LogP contribution < -0.4 is 0 Å². The summed E-state index contributed by atoms with van der Waals surface area (Å²) < 4.78 is 14.8. The molecule has 18 heavy (non-hydrogen) atoms. The van der Waals surface area contributed by atoms with Crippen LogP contribution in [0.1, 0.15) is 46.5 Å². The normalized spacial score (nSPS) is 19.3. The first kappa shape index (κ1) is 14.8. The van der Waals surface area contributed by atoms with Crippen molar-refractivity contribution < 1.29 is 23.8 Å². The zero-order chi connectivity index (χ0) is 13.6. The van der Waals surface area contributed by atoms with E-state index in [-0.39, 0.29) is 12.1 Å². The number of carbonyl (C=O) groups excluding carboxylic acids is 2. The van der Waals surface area contributed by atoms with Crippen LogP contribution in [0.4, 0.5) is 4.79 Å². The molecule has 0 radical (unpaired) electrons. The van der Waals surface area contributed by atoms with Crippen LogP contribution in [0.3, 0.4) is 0 Å². The van der Waals surface area contributed by atoms with Crippen LogP contribution in [0.5, 0.6) is 0 Å². The largest absolute Gasteiger partial charge is 0.508 e. The summed E-state index contributed by atoms with van der Waals surface area (Å²) in [5, 5.41) is 0. The van der Waals surface area contributed by atoms with Crippen LogP contribution in [-0.4, -0.2) is 31.4 Å². The Morgan fingerprint density at radius 1 is 1.50 bits per heavy atom. The highest BCUT2D eigenvalue weighted by molar-refractivity contribution is 5.75. The summed E-state index contributed by atoms with van der Waals surface area (Å²) >= 11 is 0. The summed E-state index contributed by atoms with van der Waals surface area (Å²) in [6.07, 6.45) is 2.31. The highest BCUT2D eigenvalue weighted by Crippen LogP contribution is 2.24. The fraction of sp³-hybridized carbons (Fsp3) is 0.846. The minimum Gasteiger partial charge on any atom is -0.465 e.